The second-order valence-corrected chi connectivity index (χ2v) is 6.19. The van der Waals surface area contributed by atoms with Crippen molar-refractivity contribution in [2.75, 3.05) is 0 Å². The van der Waals surface area contributed by atoms with E-state index in [9.17, 15) is 0 Å². The second-order valence-electron chi connectivity index (χ2n) is 6.19. The maximum atomic E-state index is 6.05. The van der Waals surface area contributed by atoms with E-state index in [0.717, 1.165) is 22.4 Å². The van der Waals surface area contributed by atoms with E-state index in [-0.39, 0.29) is 17.5 Å². The molecular weight excluding hydrogens is 240 g/mol. The summed E-state index contributed by atoms with van der Waals surface area (Å²) >= 11 is 0. The van der Waals surface area contributed by atoms with Gasteiger partial charge in [0.15, 0.2) is 6.29 Å². The largest absolute Gasteiger partial charge is 0.342 e. The molecule has 0 amide bonds. The van der Waals surface area contributed by atoms with Crippen molar-refractivity contribution in [3.8, 4) is 0 Å². The van der Waals surface area contributed by atoms with Crippen molar-refractivity contribution in [3.63, 3.8) is 0 Å². The molecule has 4 heteroatoms. The van der Waals surface area contributed by atoms with E-state index in [1.54, 1.807) is 0 Å². The summed E-state index contributed by atoms with van der Waals surface area (Å²) in [5.41, 5.74) is 2.38. The van der Waals surface area contributed by atoms with Crippen LogP contribution in [0, 0.1) is 6.92 Å². The lowest BCUT2D eigenvalue weighted by Crippen LogP contribution is -2.41. The van der Waals surface area contributed by atoms with Crippen LogP contribution in [-0.2, 0) is 9.47 Å². The Morgan fingerprint density at radius 1 is 1.11 bits per heavy atom. The van der Waals surface area contributed by atoms with E-state index >= 15 is 0 Å². The SMILES string of the molecule is Cc1nc2cc(C3OC(C)(C)C(C)(C)O3)ccc2[nH]1. The highest BCUT2D eigenvalue weighted by Gasteiger charge is 2.49. The zero-order valence-corrected chi connectivity index (χ0v) is 12.1. The molecule has 0 atom stereocenters. The number of imidazole rings is 1. The molecule has 3 rings (SSSR count). The molecule has 0 aliphatic carbocycles. The van der Waals surface area contributed by atoms with Crippen molar-refractivity contribution in [3.05, 3.63) is 29.6 Å². The minimum absolute atomic E-state index is 0.311. The molecule has 1 aliphatic heterocycles. The van der Waals surface area contributed by atoms with Gasteiger partial charge in [-0.25, -0.2) is 4.98 Å². The predicted molar refractivity (Wildman–Crippen MR) is 73.9 cm³/mol. The highest BCUT2D eigenvalue weighted by atomic mass is 16.7. The van der Waals surface area contributed by atoms with Crippen molar-refractivity contribution >= 4 is 11.0 Å². The monoisotopic (exact) mass is 260 g/mol. The summed E-state index contributed by atoms with van der Waals surface area (Å²) in [6, 6.07) is 6.08. The Labute approximate surface area is 113 Å². The first kappa shape index (κ1) is 12.6. The fourth-order valence-corrected chi connectivity index (χ4v) is 2.28. The number of hydrogen-bond donors (Lipinski definition) is 1. The summed E-state index contributed by atoms with van der Waals surface area (Å²) in [4.78, 5) is 7.67. The third-order valence-electron chi connectivity index (χ3n) is 4.15. The first-order chi connectivity index (χ1) is 8.78. The molecule has 4 nitrogen and oxygen atoms in total. The number of rotatable bonds is 1. The van der Waals surface area contributed by atoms with E-state index < -0.39 is 0 Å². The van der Waals surface area contributed by atoms with Gasteiger partial charge in [-0.15, -0.1) is 0 Å². The molecule has 1 saturated heterocycles. The van der Waals surface area contributed by atoms with Gasteiger partial charge in [0.1, 0.15) is 5.82 Å². The number of aromatic amines is 1. The minimum Gasteiger partial charge on any atom is -0.342 e. The van der Waals surface area contributed by atoms with Crippen molar-refractivity contribution in [1.82, 2.24) is 9.97 Å². The second kappa shape index (κ2) is 3.81. The first-order valence-corrected chi connectivity index (χ1v) is 6.60. The molecule has 0 saturated carbocycles. The molecule has 0 bridgehead atoms. The smallest absolute Gasteiger partial charge is 0.185 e. The van der Waals surface area contributed by atoms with Crippen molar-refractivity contribution < 1.29 is 9.47 Å². The van der Waals surface area contributed by atoms with E-state index in [1.807, 2.05) is 25.1 Å². The number of ether oxygens (including phenoxy) is 2. The standard InChI is InChI=1S/C15H20N2O2/c1-9-16-11-7-6-10(8-12(11)17-9)13-18-14(2,3)15(4,5)19-13/h6-8,13H,1-5H3,(H,16,17). The normalized spacial score (nSPS) is 22.2. The third-order valence-corrected chi connectivity index (χ3v) is 4.15. The first-order valence-electron chi connectivity index (χ1n) is 6.60. The van der Waals surface area contributed by atoms with Crippen molar-refractivity contribution in [1.29, 1.82) is 0 Å². The van der Waals surface area contributed by atoms with Gasteiger partial charge in [0.05, 0.1) is 22.2 Å². The zero-order chi connectivity index (χ0) is 13.8. The fourth-order valence-electron chi connectivity index (χ4n) is 2.28. The van der Waals surface area contributed by atoms with Crippen LogP contribution in [0.15, 0.2) is 18.2 Å². The van der Waals surface area contributed by atoms with Crippen LogP contribution in [0.2, 0.25) is 0 Å². The summed E-state index contributed by atoms with van der Waals surface area (Å²) in [6.07, 6.45) is -0.327. The topological polar surface area (TPSA) is 47.1 Å². The number of H-pyrrole nitrogens is 1. The average Bonchev–Trinajstić information content (AvgIpc) is 2.74. The van der Waals surface area contributed by atoms with Gasteiger partial charge in [0.25, 0.3) is 0 Å². The Bertz CT molecular complexity index is 612. The van der Waals surface area contributed by atoms with Crippen LogP contribution in [-0.4, -0.2) is 21.2 Å². The van der Waals surface area contributed by atoms with Crippen LogP contribution in [0.1, 0.15) is 45.4 Å². The lowest BCUT2D eigenvalue weighted by atomic mass is 9.90. The van der Waals surface area contributed by atoms with Crippen LogP contribution in [0.4, 0.5) is 0 Å². The van der Waals surface area contributed by atoms with Crippen LogP contribution in [0.5, 0.6) is 0 Å². The number of aryl methyl sites for hydroxylation is 1. The van der Waals surface area contributed by atoms with Crippen molar-refractivity contribution in [2.45, 2.75) is 52.1 Å². The van der Waals surface area contributed by atoms with Gasteiger partial charge >= 0.3 is 0 Å². The maximum Gasteiger partial charge on any atom is 0.185 e. The summed E-state index contributed by atoms with van der Waals surface area (Å²) in [6.45, 7) is 10.2. The zero-order valence-electron chi connectivity index (χ0n) is 12.1. The maximum absolute atomic E-state index is 6.05. The predicted octanol–water partition coefficient (Wildman–Crippen LogP) is 3.47. The lowest BCUT2D eigenvalue weighted by Gasteiger charge is -2.30. The van der Waals surface area contributed by atoms with Crippen molar-refractivity contribution in [2.24, 2.45) is 0 Å². The van der Waals surface area contributed by atoms with Gasteiger partial charge in [-0.3, -0.25) is 0 Å². The number of benzene rings is 1. The molecule has 1 aliphatic rings. The molecule has 0 spiro atoms. The highest BCUT2D eigenvalue weighted by molar-refractivity contribution is 5.75. The summed E-state index contributed by atoms with van der Waals surface area (Å²) in [5, 5.41) is 0. The highest BCUT2D eigenvalue weighted by Crippen LogP contribution is 2.44. The van der Waals surface area contributed by atoms with Crippen LogP contribution in [0.25, 0.3) is 11.0 Å². The van der Waals surface area contributed by atoms with Crippen LogP contribution < -0.4 is 0 Å². The van der Waals surface area contributed by atoms with E-state index in [2.05, 4.69) is 37.7 Å². The molecule has 0 unspecified atom stereocenters. The third kappa shape index (κ3) is 1.95. The van der Waals surface area contributed by atoms with E-state index in [1.165, 1.54) is 0 Å². The molecule has 2 aromatic rings. The average molecular weight is 260 g/mol. The number of nitrogens with zero attached hydrogens (tertiary/aromatic N) is 1. The molecule has 19 heavy (non-hydrogen) atoms. The Kier molecular flexibility index (Phi) is 2.53. The van der Waals surface area contributed by atoms with E-state index in [4.69, 9.17) is 9.47 Å². The van der Waals surface area contributed by atoms with Gasteiger partial charge in [-0.2, -0.15) is 0 Å². The van der Waals surface area contributed by atoms with Gasteiger partial charge in [0.2, 0.25) is 0 Å². The number of nitrogens with one attached hydrogen (secondary N) is 1. The molecule has 1 fully saturated rings. The number of aromatic nitrogens is 2. The minimum atomic E-state index is -0.327. The molecule has 1 aromatic heterocycles. The lowest BCUT2D eigenvalue weighted by molar-refractivity contribution is -0.0895. The Morgan fingerprint density at radius 3 is 2.37 bits per heavy atom. The molecule has 102 valence electrons. The van der Waals surface area contributed by atoms with Gasteiger partial charge < -0.3 is 14.5 Å². The molecule has 1 N–H and O–H groups in total. The van der Waals surface area contributed by atoms with Gasteiger partial charge in [-0.1, -0.05) is 6.07 Å². The quantitative estimate of drug-likeness (QED) is 0.854. The molecule has 0 radical (unpaired) electrons. The Balaban J connectivity index is 1.97. The summed E-state index contributed by atoms with van der Waals surface area (Å²) in [5.74, 6) is 0.918. The Hall–Kier alpha value is -1.39. The van der Waals surface area contributed by atoms with Crippen LogP contribution in [0.3, 0.4) is 0 Å². The summed E-state index contributed by atoms with van der Waals surface area (Å²) < 4.78 is 12.1. The molecule has 1 aromatic carbocycles. The molecular formula is C15H20N2O2. The fraction of sp³-hybridized carbons (Fsp3) is 0.533. The van der Waals surface area contributed by atoms with Gasteiger partial charge in [0, 0.05) is 5.56 Å². The van der Waals surface area contributed by atoms with Gasteiger partial charge in [-0.05, 0) is 46.8 Å². The molecule has 2 heterocycles. The summed E-state index contributed by atoms with van der Waals surface area (Å²) in [7, 11) is 0. The number of fused-ring (bicyclic) bond motifs is 1. The number of hydrogen-bond acceptors (Lipinski definition) is 3. The van der Waals surface area contributed by atoms with Crippen LogP contribution >= 0.6 is 0 Å². The van der Waals surface area contributed by atoms with E-state index in [0.29, 0.717) is 0 Å². The Morgan fingerprint density at radius 2 is 1.74 bits per heavy atom.